The number of halogens is 2. The fraction of sp³-hybridized carbons (Fsp3) is 0.211. The van der Waals surface area contributed by atoms with Gasteiger partial charge in [-0.3, -0.25) is 4.79 Å². The van der Waals surface area contributed by atoms with Gasteiger partial charge in [0.2, 0.25) is 5.91 Å². The first-order valence-electron chi connectivity index (χ1n) is 7.66. The van der Waals surface area contributed by atoms with Crippen LogP contribution in [0, 0.1) is 0 Å². The molecular formula is C19H19F2NO3. The summed E-state index contributed by atoms with van der Waals surface area (Å²) in [5.74, 6) is -0.289. The molecule has 1 unspecified atom stereocenters. The first-order chi connectivity index (χ1) is 12.0. The van der Waals surface area contributed by atoms with E-state index < -0.39 is 6.61 Å². The lowest BCUT2D eigenvalue weighted by molar-refractivity contribution is -0.117. The van der Waals surface area contributed by atoms with Gasteiger partial charge >= 0.3 is 6.61 Å². The van der Waals surface area contributed by atoms with Crippen LogP contribution in [-0.4, -0.2) is 19.6 Å². The van der Waals surface area contributed by atoms with Crippen LogP contribution in [0.2, 0.25) is 0 Å². The maximum Gasteiger partial charge on any atom is 0.387 e. The van der Waals surface area contributed by atoms with E-state index in [1.165, 1.54) is 25.3 Å². The number of carbonyl (C=O) groups is 1. The van der Waals surface area contributed by atoms with Gasteiger partial charge in [0.25, 0.3) is 0 Å². The Morgan fingerprint density at radius 3 is 2.48 bits per heavy atom. The Morgan fingerprint density at radius 1 is 1.12 bits per heavy atom. The molecule has 1 N–H and O–H groups in total. The van der Waals surface area contributed by atoms with Gasteiger partial charge in [-0.2, -0.15) is 8.78 Å². The van der Waals surface area contributed by atoms with Gasteiger partial charge in [-0.1, -0.05) is 42.5 Å². The first-order valence-corrected chi connectivity index (χ1v) is 7.66. The smallest absolute Gasteiger partial charge is 0.387 e. The summed E-state index contributed by atoms with van der Waals surface area (Å²) in [6, 6.07) is 14.0. The van der Waals surface area contributed by atoms with Gasteiger partial charge in [0.15, 0.2) is 11.5 Å². The van der Waals surface area contributed by atoms with E-state index in [1.54, 1.807) is 12.1 Å². The fourth-order valence-electron chi connectivity index (χ4n) is 2.29. The topological polar surface area (TPSA) is 47.6 Å². The normalized spacial score (nSPS) is 12.2. The Labute approximate surface area is 145 Å². The van der Waals surface area contributed by atoms with Gasteiger partial charge in [0, 0.05) is 11.6 Å². The van der Waals surface area contributed by atoms with E-state index in [0.29, 0.717) is 5.56 Å². The largest absolute Gasteiger partial charge is 0.493 e. The van der Waals surface area contributed by atoms with Crippen molar-refractivity contribution in [3.63, 3.8) is 0 Å². The van der Waals surface area contributed by atoms with E-state index in [0.717, 1.165) is 5.56 Å². The minimum atomic E-state index is -2.99. The summed E-state index contributed by atoms with van der Waals surface area (Å²) in [7, 11) is 1.36. The van der Waals surface area contributed by atoms with E-state index in [9.17, 15) is 13.6 Å². The van der Waals surface area contributed by atoms with Crippen molar-refractivity contribution in [2.45, 2.75) is 19.6 Å². The molecule has 0 radical (unpaired) electrons. The molecule has 0 saturated carbocycles. The third-order valence-corrected chi connectivity index (χ3v) is 3.51. The highest BCUT2D eigenvalue weighted by Crippen LogP contribution is 2.33. The second-order valence-electron chi connectivity index (χ2n) is 5.23. The molecule has 1 atom stereocenters. The lowest BCUT2D eigenvalue weighted by Crippen LogP contribution is -2.24. The van der Waals surface area contributed by atoms with Crippen LogP contribution in [0.4, 0.5) is 8.78 Å². The summed E-state index contributed by atoms with van der Waals surface area (Å²) in [5.41, 5.74) is 1.29. The zero-order chi connectivity index (χ0) is 18.2. The average Bonchev–Trinajstić information content (AvgIpc) is 2.61. The van der Waals surface area contributed by atoms with Crippen LogP contribution in [0.15, 0.2) is 54.6 Å². The molecule has 0 spiro atoms. The van der Waals surface area contributed by atoms with Crippen LogP contribution in [-0.2, 0) is 4.79 Å². The predicted octanol–water partition coefficient (Wildman–Crippen LogP) is 4.19. The first kappa shape index (κ1) is 18.4. The lowest BCUT2D eigenvalue weighted by atomic mass is 10.1. The summed E-state index contributed by atoms with van der Waals surface area (Å²) >= 11 is 0. The molecule has 0 aliphatic rings. The van der Waals surface area contributed by atoms with Gasteiger partial charge in [0.1, 0.15) is 0 Å². The predicted molar refractivity (Wildman–Crippen MR) is 91.7 cm³/mol. The molecule has 0 bridgehead atoms. The number of rotatable bonds is 7. The van der Waals surface area contributed by atoms with Crippen LogP contribution in [0.25, 0.3) is 6.08 Å². The molecule has 25 heavy (non-hydrogen) atoms. The lowest BCUT2D eigenvalue weighted by Gasteiger charge is -2.13. The van der Waals surface area contributed by atoms with E-state index in [2.05, 4.69) is 10.1 Å². The minimum absolute atomic E-state index is 0.111. The van der Waals surface area contributed by atoms with E-state index in [1.807, 2.05) is 37.3 Å². The SMILES string of the molecule is COc1cccc(/C=C/C(=O)NC(C)c2ccccc2)c1OC(F)F. The summed E-state index contributed by atoms with van der Waals surface area (Å²) in [5, 5.41) is 2.81. The summed E-state index contributed by atoms with van der Waals surface area (Å²) in [4.78, 5) is 12.1. The van der Waals surface area contributed by atoms with Crippen molar-refractivity contribution in [2.24, 2.45) is 0 Å². The Balaban J connectivity index is 2.11. The van der Waals surface area contributed by atoms with Crippen molar-refractivity contribution < 1.29 is 23.0 Å². The highest BCUT2D eigenvalue weighted by molar-refractivity contribution is 5.92. The molecule has 0 aliphatic carbocycles. The molecule has 2 aromatic carbocycles. The van der Waals surface area contributed by atoms with Crippen LogP contribution < -0.4 is 14.8 Å². The monoisotopic (exact) mass is 347 g/mol. The maximum absolute atomic E-state index is 12.6. The zero-order valence-corrected chi connectivity index (χ0v) is 13.9. The molecule has 0 aromatic heterocycles. The third kappa shape index (κ3) is 5.31. The Hall–Kier alpha value is -2.89. The molecule has 0 aliphatic heterocycles. The summed E-state index contributed by atoms with van der Waals surface area (Å²) in [6.07, 6.45) is 2.68. The van der Waals surface area contributed by atoms with Crippen molar-refractivity contribution in [3.05, 3.63) is 65.7 Å². The van der Waals surface area contributed by atoms with E-state index in [4.69, 9.17) is 4.74 Å². The summed E-state index contributed by atoms with van der Waals surface area (Å²) < 4.78 is 34.7. The number of alkyl halides is 2. The third-order valence-electron chi connectivity index (χ3n) is 3.51. The number of para-hydroxylation sites is 1. The van der Waals surface area contributed by atoms with Crippen molar-refractivity contribution >= 4 is 12.0 Å². The molecule has 4 nitrogen and oxygen atoms in total. The van der Waals surface area contributed by atoms with Crippen molar-refractivity contribution in [3.8, 4) is 11.5 Å². The van der Waals surface area contributed by atoms with Gasteiger partial charge in [-0.25, -0.2) is 0 Å². The number of nitrogens with one attached hydrogen (secondary N) is 1. The van der Waals surface area contributed by atoms with Gasteiger partial charge in [-0.05, 0) is 24.6 Å². The second-order valence-corrected chi connectivity index (χ2v) is 5.23. The summed E-state index contributed by atoms with van der Waals surface area (Å²) in [6.45, 7) is -1.13. The van der Waals surface area contributed by atoms with Crippen LogP contribution in [0.1, 0.15) is 24.1 Å². The molecule has 0 heterocycles. The minimum Gasteiger partial charge on any atom is -0.493 e. The number of carbonyl (C=O) groups excluding carboxylic acids is 1. The van der Waals surface area contributed by atoms with Crippen molar-refractivity contribution in [1.29, 1.82) is 0 Å². The van der Waals surface area contributed by atoms with Crippen molar-refractivity contribution in [2.75, 3.05) is 7.11 Å². The average molecular weight is 347 g/mol. The second kappa shape index (κ2) is 8.82. The molecule has 0 saturated heterocycles. The van der Waals surface area contributed by atoms with Crippen molar-refractivity contribution in [1.82, 2.24) is 5.32 Å². The van der Waals surface area contributed by atoms with Gasteiger partial charge < -0.3 is 14.8 Å². The number of hydrogen-bond acceptors (Lipinski definition) is 3. The quantitative estimate of drug-likeness (QED) is 0.764. The molecule has 0 fully saturated rings. The maximum atomic E-state index is 12.6. The molecule has 132 valence electrons. The number of amides is 1. The highest BCUT2D eigenvalue weighted by atomic mass is 19.3. The van der Waals surface area contributed by atoms with E-state index in [-0.39, 0.29) is 23.4 Å². The van der Waals surface area contributed by atoms with Crippen LogP contribution >= 0.6 is 0 Å². The molecule has 2 rings (SSSR count). The molecular weight excluding hydrogens is 328 g/mol. The number of hydrogen-bond donors (Lipinski definition) is 1. The Bertz CT molecular complexity index is 733. The van der Waals surface area contributed by atoms with Crippen LogP contribution in [0.3, 0.4) is 0 Å². The van der Waals surface area contributed by atoms with Gasteiger partial charge in [0.05, 0.1) is 13.2 Å². The molecule has 6 heteroatoms. The molecule has 1 amide bonds. The standard InChI is InChI=1S/C19H19F2NO3/c1-13(14-7-4-3-5-8-14)22-17(23)12-11-15-9-6-10-16(24-2)18(15)25-19(20)21/h3-13,19H,1-2H3,(H,22,23)/b12-11+. The number of methoxy groups -OCH3 is 1. The van der Waals surface area contributed by atoms with Gasteiger partial charge in [-0.15, -0.1) is 0 Å². The zero-order valence-electron chi connectivity index (χ0n) is 13.9. The Kier molecular flexibility index (Phi) is 6.51. The van der Waals surface area contributed by atoms with E-state index >= 15 is 0 Å². The fourth-order valence-corrected chi connectivity index (χ4v) is 2.29. The number of ether oxygens (including phenoxy) is 2. The van der Waals surface area contributed by atoms with Crippen LogP contribution in [0.5, 0.6) is 11.5 Å². The number of benzene rings is 2. The highest BCUT2D eigenvalue weighted by Gasteiger charge is 2.14. The Morgan fingerprint density at radius 2 is 1.84 bits per heavy atom. The molecule has 2 aromatic rings.